The van der Waals surface area contributed by atoms with Crippen LogP contribution in [0.2, 0.25) is 0 Å². The number of H-pyrrole nitrogens is 1. The van der Waals surface area contributed by atoms with E-state index in [1.165, 1.54) is 0 Å². The standard InChI is InChI=1S/C19H24FN5O2/c1-24-18(16-9-12-8-13(20)2-3-15(12)22-16)10-17(23-24)19(27)21-5-7-25-6-4-14(26)11-25/h2-3,9-10,13-14,22,26H,4-8,11H2,1H3,(H,21,27)/t13?,14-/m0/s1. The summed E-state index contributed by atoms with van der Waals surface area (Å²) in [5.41, 5.74) is 3.78. The van der Waals surface area contributed by atoms with Crippen LogP contribution in [-0.4, -0.2) is 69.1 Å². The Kier molecular flexibility index (Phi) is 4.84. The van der Waals surface area contributed by atoms with E-state index in [9.17, 15) is 14.3 Å². The fraction of sp³-hybridized carbons (Fsp3) is 0.474. The highest BCUT2D eigenvalue weighted by Crippen LogP contribution is 2.27. The quantitative estimate of drug-likeness (QED) is 0.733. The molecular formula is C19H24FN5O2. The van der Waals surface area contributed by atoms with Gasteiger partial charge in [0.15, 0.2) is 5.69 Å². The predicted octanol–water partition coefficient (Wildman–Crippen LogP) is 1.12. The van der Waals surface area contributed by atoms with Crippen molar-refractivity contribution < 1.29 is 14.3 Å². The highest BCUT2D eigenvalue weighted by Gasteiger charge is 2.21. The molecule has 27 heavy (non-hydrogen) atoms. The van der Waals surface area contributed by atoms with Gasteiger partial charge in [-0.3, -0.25) is 14.4 Å². The van der Waals surface area contributed by atoms with Gasteiger partial charge >= 0.3 is 0 Å². The summed E-state index contributed by atoms with van der Waals surface area (Å²) in [5.74, 6) is -0.225. The molecule has 1 amide bonds. The number of aryl methyl sites for hydroxylation is 1. The van der Waals surface area contributed by atoms with Crippen molar-refractivity contribution in [3.8, 4) is 11.4 Å². The average molecular weight is 373 g/mol. The SMILES string of the molecule is Cn1nc(C(=O)NCCN2CC[C@H](O)C2)cc1-c1cc2c([nH]1)C=CC(F)C2. The summed E-state index contributed by atoms with van der Waals surface area (Å²) < 4.78 is 15.2. The van der Waals surface area contributed by atoms with E-state index in [1.54, 1.807) is 29.9 Å². The summed E-state index contributed by atoms with van der Waals surface area (Å²) in [6.07, 6.45) is 3.24. The van der Waals surface area contributed by atoms with Crippen LogP contribution in [0, 0.1) is 0 Å². The number of carbonyl (C=O) groups excluding carboxylic acids is 1. The fourth-order valence-electron chi connectivity index (χ4n) is 3.71. The van der Waals surface area contributed by atoms with Crippen LogP contribution in [-0.2, 0) is 13.5 Å². The van der Waals surface area contributed by atoms with Crippen molar-refractivity contribution in [2.75, 3.05) is 26.2 Å². The van der Waals surface area contributed by atoms with Crippen molar-refractivity contribution in [3.63, 3.8) is 0 Å². The number of amides is 1. The van der Waals surface area contributed by atoms with E-state index in [1.807, 2.05) is 6.07 Å². The molecule has 7 nitrogen and oxygen atoms in total. The van der Waals surface area contributed by atoms with E-state index < -0.39 is 6.17 Å². The number of allylic oxidation sites excluding steroid dienone is 1. The van der Waals surface area contributed by atoms with Gasteiger partial charge in [-0.1, -0.05) is 0 Å². The third-order valence-electron chi connectivity index (χ3n) is 5.17. The number of aromatic amines is 1. The van der Waals surface area contributed by atoms with Crippen molar-refractivity contribution in [3.05, 3.63) is 35.2 Å². The number of halogens is 1. The van der Waals surface area contributed by atoms with E-state index in [2.05, 4.69) is 20.3 Å². The van der Waals surface area contributed by atoms with Crippen molar-refractivity contribution >= 4 is 12.0 Å². The zero-order chi connectivity index (χ0) is 19.0. The Morgan fingerprint density at radius 2 is 2.33 bits per heavy atom. The Bertz CT molecular complexity index is 872. The Morgan fingerprint density at radius 3 is 3.11 bits per heavy atom. The van der Waals surface area contributed by atoms with Crippen molar-refractivity contribution in [1.29, 1.82) is 0 Å². The first-order chi connectivity index (χ1) is 13.0. The maximum Gasteiger partial charge on any atom is 0.271 e. The molecule has 2 aromatic heterocycles. The van der Waals surface area contributed by atoms with Gasteiger partial charge in [-0.15, -0.1) is 0 Å². The van der Waals surface area contributed by atoms with Crippen molar-refractivity contribution in [2.24, 2.45) is 7.05 Å². The van der Waals surface area contributed by atoms with Gasteiger partial charge in [0.2, 0.25) is 0 Å². The number of alkyl halides is 1. The van der Waals surface area contributed by atoms with Gasteiger partial charge in [-0.25, -0.2) is 4.39 Å². The molecule has 2 aliphatic rings. The number of nitrogens with zero attached hydrogens (tertiary/aromatic N) is 3. The number of aromatic nitrogens is 3. The number of hydrogen-bond donors (Lipinski definition) is 3. The average Bonchev–Trinajstić information content (AvgIpc) is 3.32. The highest BCUT2D eigenvalue weighted by molar-refractivity contribution is 5.93. The maximum atomic E-state index is 13.5. The molecule has 2 atom stereocenters. The molecule has 3 heterocycles. The Morgan fingerprint density at radius 1 is 1.48 bits per heavy atom. The molecular weight excluding hydrogens is 349 g/mol. The fourth-order valence-corrected chi connectivity index (χ4v) is 3.71. The molecule has 1 saturated heterocycles. The lowest BCUT2D eigenvalue weighted by Crippen LogP contribution is -2.34. The Hall–Kier alpha value is -2.45. The summed E-state index contributed by atoms with van der Waals surface area (Å²) in [7, 11) is 1.78. The second-order valence-electron chi connectivity index (χ2n) is 7.24. The lowest BCUT2D eigenvalue weighted by molar-refractivity contribution is 0.0943. The maximum absolute atomic E-state index is 13.5. The number of rotatable bonds is 5. The smallest absolute Gasteiger partial charge is 0.271 e. The van der Waals surface area contributed by atoms with Crippen LogP contribution in [0.4, 0.5) is 4.39 Å². The van der Waals surface area contributed by atoms with Gasteiger partial charge in [-0.05, 0) is 36.3 Å². The van der Waals surface area contributed by atoms with E-state index in [0.717, 1.165) is 35.6 Å². The second-order valence-corrected chi connectivity index (χ2v) is 7.24. The van der Waals surface area contributed by atoms with Gasteiger partial charge in [0.05, 0.1) is 17.5 Å². The molecule has 4 rings (SSSR count). The minimum absolute atomic E-state index is 0.225. The van der Waals surface area contributed by atoms with E-state index >= 15 is 0 Å². The van der Waals surface area contributed by atoms with Crippen LogP contribution in [0.3, 0.4) is 0 Å². The molecule has 1 unspecified atom stereocenters. The molecule has 1 aliphatic heterocycles. The molecule has 0 aromatic carbocycles. The van der Waals surface area contributed by atoms with E-state index in [4.69, 9.17) is 0 Å². The van der Waals surface area contributed by atoms with Gasteiger partial charge < -0.3 is 15.4 Å². The molecule has 1 fully saturated rings. The van der Waals surface area contributed by atoms with Crippen molar-refractivity contribution in [1.82, 2.24) is 25.0 Å². The van der Waals surface area contributed by atoms with E-state index in [-0.39, 0.29) is 12.0 Å². The first-order valence-corrected chi connectivity index (χ1v) is 9.27. The zero-order valence-electron chi connectivity index (χ0n) is 15.3. The van der Waals surface area contributed by atoms with Gasteiger partial charge in [0.1, 0.15) is 6.17 Å². The first kappa shape index (κ1) is 17.9. The zero-order valence-corrected chi connectivity index (χ0v) is 15.3. The summed E-state index contributed by atoms with van der Waals surface area (Å²) in [5, 5.41) is 16.7. The largest absolute Gasteiger partial charge is 0.392 e. The van der Waals surface area contributed by atoms with Crippen LogP contribution < -0.4 is 5.32 Å². The van der Waals surface area contributed by atoms with Crippen LogP contribution in [0.25, 0.3) is 17.5 Å². The molecule has 3 N–H and O–H groups in total. The lowest BCUT2D eigenvalue weighted by Gasteiger charge is -2.14. The number of carbonyl (C=O) groups is 1. The third kappa shape index (κ3) is 3.81. The normalized spacial score (nSPS) is 22.2. The number of nitrogens with one attached hydrogen (secondary N) is 2. The summed E-state index contributed by atoms with van der Waals surface area (Å²) in [4.78, 5) is 17.8. The number of β-amino-alcohol motifs (C(OH)–C–C–N with tert-alkyl or cyclic N) is 1. The summed E-state index contributed by atoms with van der Waals surface area (Å²) in [6, 6.07) is 3.66. The molecule has 0 saturated carbocycles. The molecule has 144 valence electrons. The number of aliphatic hydroxyl groups is 1. The van der Waals surface area contributed by atoms with Crippen molar-refractivity contribution in [2.45, 2.75) is 25.1 Å². The predicted molar refractivity (Wildman–Crippen MR) is 100 cm³/mol. The van der Waals surface area contributed by atoms with Crippen LogP contribution in [0.1, 0.15) is 28.2 Å². The Balaban J connectivity index is 1.41. The second kappa shape index (κ2) is 7.28. The molecule has 0 bridgehead atoms. The number of aliphatic hydroxyl groups excluding tert-OH is 1. The summed E-state index contributed by atoms with van der Waals surface area (Å²) >= 11 is 0. The highest BCUT2D eigenvalue weighted by atomic mass is 19.1. The Labute approximate surface area is 156 Å². The number of fused-ring (bicyclic) bond motifs is 1. The minimum Gasteiger partial charge on any atom is -0.392 e. The van der Waals surface area contributed by atoms with Crippen LogP contribution >= 0.6 is 0 Å². The minimum atomic E-state index is -0.953. The van der Waals surface area contributed by atoms with Crippen LogP contribution in [0.5, 0.6) is 0 Å². The molecule has 0 radical (unpaired) electrons. The monoisotopic (exact) mass is 373 g/mol. The third-order valence-corrected chi connectivity index (χ3v) is 5.17. The molecule has 2 aromatic rings. The lowest BCUT2D eigenvalue weighted by atomic mass is 10.0. The number of likely N-dealkylation sites (tertiary alicyclic amines) is 1. The van der Waals surface area contributed by atoms with Gasteiger partial charge in [0.25, 0.3) is 5.91 Å². The molecule has 0 spiro atoms. The summed E-state index contributed by atoms with van der Waals surface area (Å²) in [6.45, 7) is 2.74. The van der Waals surface area contributed by atoms with E-state index in [0.29, 0.717) is 31.7 Å². The van der Waals surface area contributed by atoms with Gasteiger partial charge in [-0.2, -0.15) is 5.10 Å². The molecule has 1 aliphatic carbocycles. The molecule has 8 heteroatoms. The first-order valence-electron chi connectivity index (χ1n) is 9.27. The van der Waals surface area contributed by atoms with Gasteiger partial charge in [0, 0.05) is 45.3 Å². The topological polar surface area (TPSA) is 86.2 Å². The van der Waals surface area contributed by atoms with Crippen LogP contribution in [0.15, 0.2) is 18.2 Å². The number of hydrogen-bond acceptors (Lipinski definition) is 4.